The standard InChI is InChI=1S/C8H15BrO/c1-2-10-8-5-7(6-8)3-4-9/h7-8H,2-6H2,1H3. The van der Waals surface area contributed by atoms with Gasteiger partial charge in [-0.2, -0.15) is 0 Å². The molecule has 0 atom stereocenters. The van der Waals surface area contributed by atoms with Crippen LogP contribution in [-0.4, -0.2) is 18.0 Å². The Morgan fingerprint density at radius 2 is 2.20 bits per heavy atom. The Bertz CT molecular complexity index is 79.3. The molecular formula is C8H15BrO. The highest BCUT2D eigenvalue weighted by molar-refractivity contribution is 9.09. The molecule has 0 saturated heterocycles. The van der Waals surface area contributed by atoms with Gasteiger partial charge in [0.15, 0.2) is 0 Å². The van der Waals surface area contributed by atoms with E-state index < -0.39 is 0 Å². The summed E-state index contributed by atoms with van der Waals surface area (Å²) in [5.74, 6) is 0.941. The van der Waals surface area contributed by atoms with Crippen molar-refractivity contribution in [1.82, 2.24) is 0 Å². The monoisotopic (exact) mass is 206 g/mol. The predicted octanol–water partition coefficient (Wildman–Crippen LogP) is 2.59. The maximum absolute atomic E-state index is 5.44. The zero-order valence-corrected chi connectivity index (χ0v) is 8.06. The molecule has 60 valence electrons. The summed E-state index contributed by atoms with van der Waals surface area (Å²) in [6.07, 6.45) is 4.50. The number of hydrogen-bond donors (Lipinski definition) is 0. The van der Waals surface area contributed by atoms with Crippen molar-refractivity contribution in [3.05, 3.63) is 0 Å². The van der Waals surface area contributed by atoms with Crippen molar-refractivity contribution in [2.75, 3.05) is 11.9 Å². The molecule has 0 unspecified atom stereocenters. The maximum atomic E-state index is 5.44. The fraction of sp³-hybridized carbons (Fsp3) is 1.00. The topological polar surface area (TPSA) is 9.23 Å². The molecule has 0 amide bonds. The molecule has 1 rings (SSSR count). The van der Waals surface area contributed by atoms with Crippen LogP contribution in [0, 0.1) is 5.92 Å². The van der Waals surface area contributed by atoms with Gasteiger partial charge in [0.25, 0.3) is 0 Å². The van der Waals surface area contributed by atoms with Gasteiger partial charge >= 0.3 is 0 Å². The summed E-state index contributed by atoms with van der Waals surface area (Å²) in [5, 5.41) is 1.15. The third-order valence-corrected chi connectivity index (χ3v) is 2.57. The fourth-order valence-electron chi connectivity index (χ4n) is 1.44. The first-order chi connectivity index (χ1) is 4.86. The lowest BCUT2D eigenvalue weighted by Crippen LogP contribution is -2.31. The minimum Gasteiger partial charge on any atom is -0.378 e. The van der Waals surface area contributed by atoms with E-state index in [-0.39, 0.29) is 0 Å². The molecule has 0 heterocycles. The van der Waals surface area contributed by atoms with E-state index in [1.165, 1.54) is 19.3 Å². The second kappa shape index (κ2) is 4.35. The second-order valence-corrected chi connectivity index (χ2v) is 3.69. The molecule has 1 aliphatic rings. The van der Waals surface area contributed by atoms with Crippen molar-refractivity contribution < 1.29 is 4.74 Å². The molecule has 10 heavy (non-hydrogen) atoms. The summed E-state index contributed by atoms with van der Waals surface area (Å²) < 4.78 is 5.44. The van der Waals surface area contributed by atoms with Gasteiger partial charge in [-0.3, -0.25) is 0 Å². The van der Waals surface area contributed by atoms with Crippen LogP contribution in [0.15, 0.2) is 0 Å². The average Bonchev–Trinajstić information content (AvgIpc) is 1.84. The smallest absolute Gasteiger partial charge is 0.0580 e. The van der Waals surface area contributed by atoms with Gasteiger partial charge in [-0.15, -0.1) is 0 Å². The van der Waals surface area contributed by atoms with Crippen LogP contribution in [0.2, 0.25) is 0 Å². The van der Waals surface area contributed by atoms with E-state index in [2.05, 4.69) is 22.9 Å². The lowest BCUT2D eigenvalue weighted by Gasteiger charge is -2.34. The number of rotatable bonds is 4. The molecule has 0 radical (unpaired) electrons. The summed E-state index contributed by atoms with van der Waals surface area (Å²) in [7, 11) is 0. The van der Waals surface area contributed by atoms with Crippen LogP contribution in [0.5, 0.6) is 0 Å². The zero-order chi connectivity index (χ0) is 7.40. The Balaban J connectivity index is 1.95. The van der Waals surface area contributed by atoms with Gasteiger partial charge in [0.2, 0.25) is 0 Å². The lowest BCUT2D eigenvalue weighted by molar-refractivity contribution is -0.0247. The molecule has 1 fully saturated rings. The van der Waals surface area contributed by atoms with E-state index in [0.717, 1.165) is 17.9 Å². The number of hydrogen-bond acceptors (Lipinski definition) is 1. The largest absolute Gasteiger partial charge is 0.378 e. The highest BCUT2D eigenvalue weighted by Crippen LogP contribution is 2.32. The number of ether oxygens (including phenoxy) is 1. The molecule has 2 heteroatoms. The average molecular weight is 207 g/mol. The molecule has 0 spiro atoms. The van der Waals surface area contributed by atoms with Crippen LogP contribution in [-0.2, 0) is 4.74 Å². The summed E-state index contributed by atoms with van der Waals surface area (Å²) in [5.41, 5.74) is 0. The first kappa shape index (κ1) is 8.54. The lowest BCUT2D eigenvalue weighted by atomic mass is 9.80. The summed E-state index contributed by atoms with van der Waals surface area (Å²) in [6.45, 7) is 2.95. The van der Waals surface area contributed by atoms with Gasteiger partial charge in [0.05, 0.1) is 6.10 Å². The Morgan fingerprint density at radius 1 is 1.50 bits per heavy atom. The highest BCUT2D eigenvalue weighted by Gasteiger charge is 2.28. The maximum Gasteiger partial charge on any atom is 0.0580 e. The Kier molecular flexibility index (Phi) is 3.71. The normalized spacial score (nSPS) is 31.8. The Labute approximate surface area is 71.3 Å². The van der Waals surface area contributed by atoms with Crippen molar-refractivity contribution in [2.45, 2.75) is 32.3 Å². The third-order valence-electron chi connectivity index (χ3n) is 2.11. The quantitative estimate of drug-likeness (QED) is 0.644. The van der Waals surface area contributed by atoms with Crippen LogP contribution in [0.4, 0.5) is 0 Å². The molecule has 0 aromatic heterocycles. The number of halogens is 1. The molecule has 0 aliphatic heterocycles. The van der Waals surface area contributed by atoms with Crippen LogP contribution >= 0.6 is 15.9 Å². The summed E-state index contributed by atoms with van der Waals surface area (Å²) in [6, 6.07) is 0. The zero-order valence-electron chi connectivity index (χ0n) is 6.48. The summed E-state index contributed by atoms with van der Waals surface area (Å²) in [4.78, 5) is 0. The molecule has 1 nitrogen and oxygen atoms in total. The van der Waals surface area contributed by atoms with Gasteiger partial charge in [0, 0.05) is 11.9 Å². The van der Waals surface area contributed by atoms with Crippen LogP contribution < -0.4 is 0 Å². The van der Waals surface area contributed by atoms with Crippen molar-refractivity contribution in [3.63, 3.8) is 0 Å². The second-order valence-electron chi connectivity index (χ2n) is 2.89. The van der Waals surface area contributed by atoms with Gasteiger partial charge in [-0.1, -0.05) is 15.9 Å². The molecule has 0 bridgehead atoms. The van der Waals surface area contributed by atoms with E-state index in [1.807, 2.05) is 0 Å². The van der Waals surface area contributed by atoms with Crippen LogP contribution in [0.1, 0.15) is 26.2 Å². The predicted molar refractivity (Wildman–Crippen MR) is 46.5 cm³/mol. The van der Waals surface area contributed by atoms with E-state index in [1.54, 1.807) is 0 Å². The van der Waals surface area contributed by atoms with E-state index >= 15 is 0 Å². The SMILES string of the molecule is CCOC1CC(CCBr)C1. The number of alkyl halides is 1. The van der Waals surface area contributed by atoms with Gasteiger partial charge < -0.3 is 4.74 Å². The fourth-order valence-corrected chi connectivity index (χ4v) is 2.08. The third kappa shape index (κ3) is 2.24. The molecule has 0 aromatic rings. The minimum absolute atomic E-state index is 0.592. The molecule has 1 saturated carbocycles. The Morgan fingerprint density at radius 3 is 2.70 bits per heavy atom. The van der Waals surface area contributed by atoms with Crippen molar-refractivity contribution in [2.24, 2.45) is 5.92 Å². The molecule has 1 aliphatic carbocycles. The van der Waals surface area contributed by atoms with Gasteiger partial charge in [-0.25, -0.2) is 0 Å². The minimum atomic E-state index is 0.592. The first-order valence-electron chi connectivity index (χ1n) is 4.04. The van der Waals surface area contributed by atoms with Crippen molar-refractivity contribution in [3.8, 4) is 0 Å². The Hall–Kier alpha value is 0.440. The van der Waals surface area contributed by atoms with E-state index in [0.29, 0.717) is 6.10 Å². The van der Waals surface area contributed by atoms with E-state index in [9.17, 15) is 0 Å². The van der Waals surface area contributed by atoms with Crippen LogP contribution in [0.25, 0.3) is 0 Å². The van der Waals surface area contributed by atoms with Crippen molar-refractivity contribution in [1.29, 1.82) is 0 Å². The van der Waals surface area contributed by atoms with Crippen LogP contribution in [0.3, 0.4) is 0 Å². The first-order valence-corrected chi connectivity index (χ1v) is 5.16. The van der Waals surface area contributed by atoms with Crippen molar-refractivity contribution >= 4 is 15.9 Å². The summed E-state index contributed by atoms with van der Waals surface area (Å²) >= 11 is 3.44. The highest BCUT2D eigenvalue weighted by atomic mass is 79.9. The van der Waals surface area contributed by atoms with Gasteiger partial charge in [0.1, 0.15) is 0 Å². The molecular weight excluding hydrogens is 192 g/mol. The van der Waals surface area contributed by atoms with E-state index in [4.69, 9.17) is 4.74 Å². The van der Waals surface area contributed by atoms with Gasteiger partial charge in [-0.05, 0) is 32.1 Å². The molecule has 0 aromatic carbocycles. The molecule has 0 N–H and O–H groups in total.